The van der Waals surface area contributed by atoms with Crippen LogP contribution < -0.4 is 4.31 Å². The maximum atomic E-state index is 14.7. The number of benzene rings is 3. The number of hydrogen-bond donors (Lipinski definition) is 0. The molecule has 1 radical (unpaired) electrons. The third kappa shape index (κ3) is 4.28. The molecule has 1 atom stereocenters. The molecule has 7 heteroatoms. The lowest BCUT2D eigenvalue weighted by atomic mass is 9.99. The summed E-state index contributed by atoms with van der Waals surface area (Å²) < 4.78 is 56.5. The van der Waals surface area contributed by atoms with Gasteiger partial charge < -0.3 is 0 Å². The lowest BCUT2D eigenvalue weighted by molar-refractivity contribution is 0.570. The van der Waals surface area contributed by atoms with E-state index in [0.717, 1.165) is 28.1 Å². The zero-order valence-electron chi connectivity index (χ0n) is 15.6. The Balaban J connectivity index is 2.24. The van der Waals surface area contributed by atoms with Gasteiger partial charge in [0.25, 0.3) is 10.0 Å². The van der Waals surface area contributed by atoms with Crippen LogP contribution in [0.5, 0.6) is 0 Å². The highest BCUT2D eigenvalue weighted by atomic mass is 35.5. The Bertz CT molecular complexity index is 1120. The molecule has 0 saturated carbocycles. The third-order valence-electron chi connectivity index (χ3n) is 4.64. The van der Waals surface area contributed by atoms with E-state index in [0.29, 0.717) is 17.0 Å². The molecule has 3 rings (SSSR count). The van der Waals surface area contributed by atoms with Crippen molar-refractivity contribution in [2.75, 3.05) is 4.31 Å². The van der Waals surface area contributed by atoms with Crippen molar-refractivity contribution in [3.05, 3.63) is 101 Å². The van der Waals surface area contributed by atoms with Crippen LogP contribution in [0.3, 0.4) is 0 Å². The molecule has 3 aromatic carbocycles. The van der Waals surface area contributed by atoms with E-state index in [1.165, 1.54) is 24.3 Å². The molecule has 29 heavy (non-hydrogen) atoms. The maximum Gasteiger partial charge on any atom is 0.264 e. The van der Waals surface area contributed by atoms with Gasteiger partial charge in [-0.15, -0.1) is 0 Å². The van der Waals surface area contributed by atoms with Gasteiger partial charge in [0.15, 0.2) is 0 Å². The average molecular weight is 435 g/mol. The molecule has 151 valence electrons. The van der Waals surface area contributed by atoms with E-state index in [-0.39, 0.29) is 10.6 Å². The summed E-state index contributed by atoms with van der Waals surface area (Å²) in [5, 5.41) is 0.364. The zero-order chi connectivity index (χ0) is 21.2. The average Bonchev–Trinajstić information content (AvgIpc) is 2.70. The van der Waals surface area contributed by atoms with Crippen molar-refractivity contribution >= 4 is 27.3 Å². The summed E-state index contributed by atoms with van der Waals surface area (Å²) in [6.07, 6.45) is 0.418. The molecule has 0 aliphatic rings. The number of sulfonamides is 1. The van der Waals surface area contributed by atoms with Gasteiger partial charge in [-0.2, -0.15) is 0 Å². The first-order valence-electron chi connectivity index (χ1n) is 8.88. The van der Waals surface area contributed by atoms with Gasteiger partial charge in [0.2, 0.25) is 0 Å². The van der Waals surface area contributed by atoms with Crippen LogP contribution in [0.1, 0.15) is 24.1 Å². The topological polar surface area (TPSA) is 37.4 Å². The summed E-state index contributed by atoms with van der Waals surface area (Å²) in [6, 6.07) is 14.6. The van der Waals surface area contributed by atoms with Gasteiger partial charge in [-0.1, -0.05) is 35.9 Å². The minimum absolute atomic E-state index is 0.0792. The molecule has 0 amide bonds. The first-order valence-corrected chi connectivity index (χ1v) is 10.7. The Labute approximate surface area is 174 Å². The zero-order valence-corrected chi connectivity index (χ0v) is 17.2. The van der Waals surface area contributed by atoms with Crippen LogP contribution in [0, 0.1) is 18.6 Å². The predicted octanol–water partition coefficient (Wildman–Crippen LogP) is 5.95. The largest absolute Gasteiger partial charge is 0.264 e. The van der Waals surface area contributed by atoms with Crippen LogP contribution in [0.2, 0.25) is 5.02 Å². The second kappa shape index (κ2) is 8.51. The number of rotatable bonds is 6. The highest BCUT2D eigenvalue weighted by Crippen LogP contribution is 2.36. The molecule has 0 N–H and O–H groups in total. The summed E-state index contributed by atoms with van der Waals surface area (Å²) in [5.41, 5.74) is 1.10. The summed E-state index contributed by atoms with van der Waals surface area (Å²) in [4.78, 5) is -0.0792. The first-order chi connectivity index (χ1) is 13.8. The summed E-state index contributed by atoms with van der Waals surface area (Å²) in [7, 11) is -4.23. The molecule has 0 spiro atoms. The lowest BCUT2D eigenvalue weighted by Gasteiger charge is -2.32. The molecule has 0 bridgehead atoms. The molecule has 0 unspecified atom stereocenters. The maximum absolute atomic E-state index is 14.7. The molecule has 3 nitrogen and oxygen atoms in total. The minimum Gasteiger partial charge on any atom is -0.256 e. The van der Waals surface area contributed by atoms with Gasteiger partial charge >= 0.3 is 0 Å². The van der Waals surface area contributed by atoms with Crippen LogP contribution in [-0.4, -0.2) is 8.42 Å². The predicted molar refractivity (Wildman–Crippen MR) is 111 cm³/mol. The number of halogens is 3. The fraction of sp³-hybridized carbons (Fsp3) is 0.136. The van der Waals surface area contributed by atoms with Crippen molar-refractivity contribution in [3.63, 3.8) is 0 Å². The third-order valence-corrected chi connectivity index (χ3v) is 6.79. The van der Waals surface area contributed by atoms with Gasteiger partial charge in [0, 0.05) is 11.1 Å². The Kier molecular flexibility index (Phi) is 6.24. The van der Waals surface area contributed by atoms with Crippen molar-refractivity contribution in [1.29, 1.82) is 0 Å². The molecule has 0 fully saturated rings. The second-order valence-electron chi connectivity index (χ2n) is 6.48. The Morgan fingerprint density at radius 2 is 1.69 bits per heavy atom. The molecule has 0 aliphatic heterocycles. The SMILES string of the molecule is [CH2]Cc1ccccc1[C@@H](C)N(c1cc(F)ccc1F)S(=O)(=O)c1ccc(Cl)cc1. The van der Waals surface area contributed by atoms with E-state index in [2.05, 4.69) is 6.92 Å². The summed E-state index contributed by atoms with van der Waals surface area (Å²) in [5.74, 6) is -1.58. The van der Waals surface area contributed by atoms with E-state index in [1.807, 2.05) is 12.1 Å². The van der Waals surface area contributed by atoms with E-state index in [4.69, 9.17) is 11.6 Å². The summed E-state index contributed by atoms with van der Waals surface area (Å²) >= 11 is 5.88. The Morgan fingerprint density at radius 3 is 2.34 bits per heavy atom. The van der Waals surface area contributed by atoms with Crippen molar-refractivity contribution in [2.24, 2.45) is 0 Å². The number of hydrogen-bond acceptors (Lipinski definition) is 2. The second-order valence-corrected chi connectivity index (χ2v) is 8.73. The normalized spacial score (nSPS) is 12.6. The molecule has 3 aromatic rings. The quantitative estimate of drug-likeness (QED) is 0.480. The standard InChI is InChI=1S/C22H19ClF2NO2S/c1-3-16-6-4-5-7-20(16)15(2)26(22-14-18(24)10-13-21(22)25)29(27,28)19-11-8-17(23)9-12-19/h4-15H,1,3H2,2H3/t15-/m1/s1. The smallest absolute Gasteiger partial charge is 0.256 e. The van der Waals surface area contributed by atoms with Crippen LogP contribution >= 0.6 is 11.6 Å². The van der Waals surface area contributed by atoms with E-state index in [1.54, 1.807) is 19.1 Å². The minimum atomic E-state index is -4.23. The van der Waals surface area contributed by atoms with Gasteiger partial charge in [-0.3, -0.25) is 4.31 Å². The Morgan fingerprint density at radius 1 is 1.03 bits per heavy atom. The fourth-order valence-corrected chi connectivity index (χ4v) is 4.98. The molecule has 0 aliphatic carbocycles. The monoisotopic (exact) mass is 434 g/mol. The Hall–Kier alpha value is -2.44. The molecular weight excluding hydrogens is 416 g/mol. The van der Waals surface area contributed by atoms with Gasteiger partial charge in [0.05, 0.1) is 16.6 Å². The van der Waals surface area contributed by atoms with Crippen molar-refractivity contribution in [3.8, 4) is 0 Å². The fourth-order valence-electron chi connectivity index (χ4n) is 3.22. The van der Waals surface area contributed by atoms with E-state index >= 15 is 0 Å². The van der Waals surface area contributed by atoms with E-state index < -0.39 is 27.7 Å². The van der Waals surface area contributed by atoms with Crippen molar-refractivity contribution < 1.29 is 17.2 Å². The molecule has 0 saturated heterocycles. The number of nitrogens with zero attached hydrogens (tertiary/aromatic N) is 1. The van der Waals surface area contributed by atoms with Crippen LogP contribution in [0.15, 0.2) is 71.6 Å². The number of anilines is 1. The van der Waals surface area contributed by atoms with Crippen LogP contribution in [0.4, 0.5) is 14.5 Å². The van der Waals surface area contributed by atoms with Crippen LogP contribution in [0.25, 0.3) is 0 Å². The molecule has 0 aromatic heterocycles. The molecular formula is C22H19ClF2NO2S. The lowest BCUT2D eigenvalue weighted by Crippen LogP contribution is -2.35. The van der Waals surface area contributed by atoms with Gasteiger partial charge in [-0.05, 0) is 67.8 Å². The highest BCUT2D eigenvalue weighted by molar-refractivity contribution is 7.92. The van der Waals surface area contributed by atoms with E-state index in [9.17, 15) is 17.2 Å². The summed E-state index contributed by atoms with van der Waals surface area (Å²) in [6.45, 7) is 5.51. The van der Waals surface area contributed by atoms with Crippen LogP contribution in [-0.2, 0) is 16.4 Å². The highest BCUT2D eigenvalue weighted by Gasteiger charge is 2.33. The molecule has 0 heterocycles. The van der Waals surface area contributed by atoms with Gasteiger partial charge in [0.1, 0.15) is 11.6 Å². The van der Waals surface area contributed by atoms with Crippen molar-refractivity contribution in [2.45, 2.75) is 24.3 Å². The van der Waals surface area contributed by atoms with Crippen molar-refractivity contribution in [1.82, 2.24) is 0 Å². The van der Waals surface area contributed by atoms with Gasteiger partial charge in [-0.25, -0.2) is 17.2 Å². The first kappa shape index (κ1) is 21.3.